The lowest BCUT2D eigenvalue weighted by Gasteiger charge is -2.22. The lowest BCUT2D eigenvalue weighted by Crippen LogP contribution is -3.15. The summed E-state index contributed by atoms with van der Waals surface area (Å²) in [7, 11) is 0. The number of carbonyl (C=O) groups excluding carboxylic acids is 1. The van der Waals surface area contributed by atoms with Crippen LogP contribution in [0.15, 0.2) is 47.6 Å². The van der Waals surface area contributed by atoms with Crippen LogP contribution in [0.5, 0.6) is 0 Å². The van der Waals surface area contributed by atoms with Crippen LogP contribution in [0.2, 0.25) is 0 Å². The molecule has 1 aliphatic heterocycles. The molecule has 1 heterocycles. The number of nitrogens with zero attached hydrogens (tertiary/aromatic N) is 1. The molecule has 2 aromatic rings. The van der Waals surface area contributed by atoms with Crippen molar-refractivity contribution in [1.29, 1.82) is 0 Å². The summed E-state index contributed by atoms with van der Waals surface area (Å²) in [5.41, 5.74) is 3.61. The molecule has 2 N–H and O–H groups in total. The molecule has 0 unspecified atom stereocenters. The SMILES string of the molecule is O=C(C[NH+]1CCOCC1)N/N=C\c1cccc2ccccc12. The second-order valence-corrected chi connectivity index (χ2v) is 5.40. The standard InChI is InChI=1S/C17H19N3O2/c21-17(13-20-8-10-22-11-9-20)19-18-12-15-6-3-5-14-4-1-2-7-16(14)15/h1-7,12H,8-11,13H2,(H,19,21)/p+1/b18-12-. The van der Waals surface area contributed by atoms with Crippen LogP contribution in [-0.2, 0) is 9.53 Å². The first kappa shape index (κ1) is 14.7. The van der Waals surface area contributed by atoms with E-state index < -0.39 is 0 Å². The average molecular weight is 298 g/mol. The molecule has 0 bridgehead atoms. The summed E-state index contributed by atoms with van der Waals surface area (Å²) in [5, 5.41) is 6.38. The number of nitrogens with one attached hydrogen (secondary N) is 2. The molecule has 22 heavy (non-hydrogen) atoms. The summed E-state index contributed by atoms with van der Waals surface area (Å²) in [6.07, 6.45) is 1.70. The van der Waals surface area contributed by atoms with Gasteiger partial charge in [-0.2, -0.15) is 5.10 Å². The van der Waals surface area contributed by atoms with Crippen LogP contribution in [0, 0.1) is 0 Å². The topological polar surface area (TPSA) is 55.1 Å². The van der Waals surface area contributed by atoms with E-state index in [1.54, 1.807) is 6.21 Å². The van der Waals surface area contributed by atoms with Crippen molar-refractivity contribution in [3.8, 4) is 0 Å². The fourth-order valence-corrected chi connectivity index (χ4v) is 2.64. The molecule has 0 spiro atoms. The Bertz CT molecular complexity index is 673. The van der Waals surface area contributed by atoms with Crippen molar-refractivity contribution in [2.45, 2.75) is 0 Å². The Labute approximate surface area is 129 Å². The summed E-state index contributed by atoms with van der Waals surface area (Å²) >= 11 is 0. The van der Waals surface area contributed by atoms with Crippen LogP contribution < -0.4 is 10.3 Å². The number of fused-ring (bicyclic) bond motifs is 1. The van der Waals surface area contributed by atoms with Crippen molar-refractivity contribution in [3.63, 3.8) is 0 Å². The van der Waals surface area contributed by atoms with E-state index in [1.807, 2.05) is 24.3 Å². The van der Waals surface area contributed by atoms with Crippen LogP contribution in [0.4, 0.5) is 0 Å². The molecule has 1 amide bonds. The number of rotatable bonds is 4. The zero-order chi connectivity index (χ0) is 15.2. The maximum atomic E-state index is 11.9. The van der Waals surface area contributed by atoms with E-state index in [1.165, 1.54) is 4.90 Å². The number of hydrazone groups is 1. The second-order valence-electron chi connectivity index (χ2n) is 5.40. The molecular weight excluding hydrogens is 278 g/mol. The Morgan fingerprint density at radius 1 is 1.18 bits per heavy atom. The van der Waals surface area contributed by atoms with E-state index >= 15 is 0 Å². The number of hydrogen-bond acceptors (Lipinski definition) is 3. The maximum Gasteiger partial charge on any atom is 0.295 e. The molecule has 0 atom stereocenters. The minimum absolute atomic E-state index is 0.0617. The zero-order valence-corrected chi connectivity index (χ0v) is 12.4. The highest BCUT2D eigenvalue weighted by atomic mass is 16.5. The summed E-state index contributed by atoms with van der Waals surface area (Å²) in [6, 6.07) is 14.2. The molecule has 0 saturated carbocycles. The smallest absolute Gasteiger partial charge is 0.295 e. The first-order chi connectivity index (χ1) is 10.8. The molecule has 3 rings (SSSR count). The van der Waals surface area contributed by atoms with Crippen molar-refractivity contribution in [2.75, 3.05) is 32.8 Å². The Hall–Kier alpha value is -2.24. The van der Waals surface area contributed by atoms with Gasteiger partial charge in [0.25, 0.3) is 5.91 Å². The molecule has 2 aromatic carbocycles. The van der Waals surface area contributed by atoms with Crippen LogP contribution in [0.3, 0.4) is 0 Å². The number of ether oxygens (including phenoxy) is 1. The summed E-state index contributed by atoms with van der Waals surface area (Å²) in [6.45, 7) is 3.64. The fraction of sp³-hybridized carbons (Fsp3) is 0.294. The van der Waals surface area contributed by atoms with Crippen molar-refractivity contribution in [3.05, 3.63) is 48.0 Å². The van der Waals surface area contributed by atoms with Gasteiger partial charge < -0.3 is 9.64 Å². The molecule has 5 nitrogen and oxygen atoms in total. The molecule has 1 fully saturated rings. The number of hydrogen-bond donors (Lipinski definition) is 2. The predicted molar refractivity (Wildman–Crippen MR) is 86.1 cm³/mol. The lowest BCUT2D eigenvalue weighted by atomic mass is 10.1. The van der Waals surface area contributed by atoms with E-state index in [2.05, 4.69) is 28.7 Å². The number of quaternary nitrogens is 1. The van der Waals surface area contributed by atoms with Crippen molar-refractivity contribution in [2.24, 2.45) is 5.10 Å². The summed E-state index contributed by atoms with van der Waals surface area (Å²) < 4.78 is 5.28. The van der Waals surface area contributed by atoms with E-state index in [4.69, 9.17) is 4.74 Å². The average Bonchev–Trinajstić information content (AvgIpc) is 2.56. The third-order valence-corrected chi connectivity index (χ3v) is 3.83. The Balaban J connectivity index is 1.60. The highest BCUT2D eigenvalue weighted by molar-refractivity contribution is 5.99. The number of morpholine rings is 1. The second kappa shape index (κ2) is 7.15. The quantitative estimate of drug-likeness (QED) is 0.626. The van der Waals surface area contributed by atoms with Crippen molar-refractivity contribution >= 4 is 22.9 Å². The lowest BCUT2D eigenvalue weighted by molar-refractivity contribution is -0.900. The van der Waals surface area contributed by atoms with Crippen LogP contribution in [0.25, 0.3) is 10.8 Å². The molecule has 114 valence electrons. The van der Waals surface area contributed by atoms with Gasteiger partial charge in [-0.05, 0) is 10.8 Å². The van der Waals surface area contributed by atoms with Gasteiger partial charge in [-0.1, -0.05) is 42.5 Å². The van der Waals surface area contributed by atoms with E-state index in [9.17, 15) is 4.79 Å². The largest absolute Gasteiger partial charge is 0.370 e. The van der Waals surface area contributed by atoms with Gasteiger partial charge in [0.2, 0.25) is 0 Å². The predicted octanol–water partition coefficient (Wildman–Crippen LogP) is 0.205. The van der Waals surface area contributed by atoms with Gasteiger partial charge in [-0.15, -0.1) is 0 Å². The highest BCUT2D eigenvalue weighted by Gasteiger charge is 2.16. The van der Waals surface area contributed by atoms with E-state index in [0.29, 0.717) is 6.54 Å². The van der Waals surface area contributed by atoms with Gasteiger partial charge in [0.15, 0.2) is 6.54 Å². The van der Waals surface area contributed by atoms with Gasteiger partial charge in [-0.25, -0.2) is 5.43 Å². The summed E-state index contributed by atoms with van der Waals surface area (Å²) in [4.78, 5) is 13.1. The zero-order valence-electron chi connectivity index (χ0n) is 12.4. The minimum Gasteiger partial charge on any atom is -0.370 e. The fourth-order valence-electron chi connectivity index (χ4n) is 2.64. The molecule has 0 radical (unpaired) electrons. The van der Waals surface area contributed by atoms with Crippen LogP contribution >= 0.6 is 0 Å². The van der Waals surface area contributed by atoms with Crippen LogP contribution in [0.1, 0.15) is 5.56 Å². The van der Waals surface area contributed by atoms with Gasteiger partial charge in [0, 0.05) is 5.56 Å². The minimum atomic E-state index is -0.0617. The molecular formula is C17H20N3O2+. The van der Waals surface area contributed by atoms with Gasteiger partial charge >= 0.3 is 0 Å². The summed E-state index contributed by atoms with van der Waals surface area (Å²) in [5.74, 6) is -0.0617. The first-order valence-electron chi connectivity index (χ1n) is 7.54. The third-order valence-electron chi connectivity index (χ3n) is 3.83. The number of carbonyl (C=O) groups is 1. The first-order valence-corrected chi connectivity index (χ1v) is 7.54. The van der Waals surface area contributed by atoms with Gasteiger partial charge in [-0.3, -0.25) is 4.79 Å². The Morgan fingerprint density at radius 3 is 2.82 bits per heavy atom. The number of amides is 1. The van der Waals surface area contributed by atoms with E-state index in [-0.39, 0.29) is 5.91 Å². The number of benzene rings is 2. The van der Waals surface area contributed by atoms with Gasteiger partial charge in [0.1, 0.15) is 13.1 Å². The Morgan fingerprint density at radius 2 is 1.95 bits per heavy atom. The normalized spacial score (nSPS) is 16.2. The molecule has 0 aromatic heterocycles. The molecule has 1 saturated heterocycles. The van der Waals surface area contributed by atoms with Crippen molar-refractivity contribution < 1.29 is 14.4 Å². The monoisotopic (exact) mass is 298 g/mol. The van der Waals surface area contributed by atoms with Gasteiger partial charge in [0.05, 0.1) is 19.4 Å². The molecule has 0 aliphatic carbocycles. The third kappa shape index (κ3) is 3.69. The van der Waals surface area contributed by atoms with Crippen molar-refractivity contribution in [1.82, 2.24) is 5.43 Å². The van der Waals surface area contributed by atoms with E-state index in [0.717, 1.165) is 42.6 Å². The maximum absolute atomic E-state index is 11.9. The Kier molecular flexibility index (Phi) is 4.78. The molecule has 1 aliphatic rings. The molecule has 5 heteroatoms. The highest BCUT2D eigenvalue weighted by Crippen LogP contribution is 2.16. The van der Waals surface area contributed by atoms with Crippen LogP contribution in [-0.4, -0.2) is 45.0 Å².